The predicted molar refractivity (Wildman–Crippen MR) is 67.7 cm³/mol. The van der Waals surface area contributed by atoms with Crippen molar-refractivity contribution in [1.82, 2.24) is 4.90 Å². The van der Waals surface area contributed by atoms with Crippen molar-refractivity contribution in [2.45, 2.75) is 40.0 Å². The first-order valence-corrected chi connectivity index (χ1v) is 6.08. The smallest absolute Gasteiger partial charge is 0.0180 e. The third-order valence-electron chi connectivity index (χ3n) is 3.28. The maximum Gasteiger partial charge on any atom is 0.0180 e. The van der Waals surface area contributed by atoms with Gasteiger partial charge in [0, 0.05) is 18.8 Å². The molecule has 0 N–H and O–H groups in total. The standard InChI is InChI=1S/C14H25N/c1-11(2)10-13(5)15-8-6-14(7-9-15)12(3)4/h11,14H,3,5-10H2,1-2,4H3. The number of nitrogens with zero attached hydrogens (tertiary/aromatic N) is 1. The molecule has 0 aliphatic carbocycles. The number of hydrogen-bond acceptors (Lipinski definition) is 1. The van der Waals surface area contributed by atoms with Gasteiger partial charge >= 0.3 is 0 Å². The van der Waals surface area contributed by atoms with Crippen LogP contribution in [0.4, 0.5) is 0 Å². The van der Waals surface area contributed by atoms with Crippen LogP contribution >= 0.6 is 0 Å². The lowest BCUT2D eigenvalue weighted by atomic mass is 9.90. The molecule has 0 unspecified atom stereocenters. The molecule has 1 aliphatic rings. The molecule has 0 aromatic heterocycles. The van der Waals surface area contributed by atoms with Gasteiger partial charge in [0.1, 0.15) is 0 Å². The summed E-state index contributed by atoms with van der Waals surface area (Å²) in [4.78, 5) is 2.46. The number of hydrogen-bond donors (Lipinski definition) is 0. The van der Waals surface area contributed by atoms with Crippen LogP contribution in [0, 0.1) is 11.8 Å². The first-order valence-electron chi connectivity index (χ1n) is 6.08. The average Bonchev–Trinajstić information content (AvgIpc) is 2.17. The molecule has 0 amide bonds. The van der Waals surface area contributed by atoms with E-state index in [0.29, 0.717) is 0 Å². The van der Waals surface area contributed by atoms with Crippen molar-refractivity contribution < 1.29 is 0 Å². The fraction of sp³-hybridized carbons (Fsp3) is 0.714. The van der Waals surface area contributed by atoms with E-state index in [1.807, 2.05) is 0 Å². The van der Waals surface area contributed by atoms with Crippen molar-refractivity contribution in [3.63, 3.8) is 0 Å². The summed E-state index contributed by atoms with van der Waals surface area (Å²) >= 11 is 0. The lowest BCUT2D eigenvalue weighted by Gasteiger charge is -2.35. The van der Waals surface area contributed by atoms with E-state index in [9.17, 15) is 0 Å². The summed E-state index contributed by atoms with van der Waals surface area (Å²) in [7, 11) is 0. The molecular formula is C14H25N. The highest BCUT2D eigenvalue weighted by Gasteiger charge is 2.20. The zero-order chi connectivity index (χ0) is 11.4. The topological polar surface area (TPSA) is 3.24 Å². The fourth-order valence-corrected chi connectivity index (χ4v) is 2.29. The van der Waals surface area contributed by atoms with Crippen LogP contribution in [0.1, 0.15) is 40.0 Å². The van der Waals surface area contributed by atoms with Gasteiger partial charge in [-0.1, -0.05) is 32.6 Å². The van der Waals surface area contributed by atoms with Gasteiger partial charge in [-0.25, -0.2) is 0 Å². The van der Waals surface area contributed by atoms with E-state index in [2.05, 4.69) is 38.8 Å². The molecule has 1 saturated heterocycles. The molecule has 1 rings (SSSR count). The van der Waals surface area contributed by atoms with Gasteiger partial charge in [-0.05, 0) is 38.0 Å². The summed E-state index contributed by atoms with van der Waals surface area (Å²) in [5, 5.41) is 0. The van der Waals surface area contributed by atoms with Crippen LogP contribution in [0.15, 0.2) is 24.4 Å². The summed E-state index contributed by atoms with van der Waals surface area (Å²) in [6.45, 7) is 17.3. The number of allylic oxidation sites excluding steroid dienone is 2. The molecule has 1 fully saturated rings. The quantitative estimate of drug-likeness (QED) is 0.633. The Hall–Kier alpha value is -0.720. The van der Waals surface area contributed by atoms with Crippen molar-refractivity contribution in [3.8, 4) is 0 Å². The SMILES string of the molecule is C=C(C)C1CCN(C(=C)CC(C)C)CC1. The molecule has 1 nitrogen and oxygen atoms in total. The minimum Gasteiger partial charge on any atom is -0.375 e. The van der Waals surface area contributed by atoms with Crippen molar-refractivity contribution in [2.24, 2.45) is 11.8 Å². The molecule has 0 aromatic rings. The second-order valence-corrected chi connectivity index (χ2v) is 5.27. The Morgan fingerprint density at radius 2 is 1.80 bits per heavy atom. The maximum atomic E-state index is 4.19. The Kier molecular flexibility index (Phi) is 4.44. The average molecular weight is 207 g/mol. The van der Waals surface area contributed by atoms with Gasteiger partial charge < -0.3 is 4.90 Å². The molecule has 1 heterocycles. The number of likely N-dealkylation sites (tertiary alicyclic amines) is 1. The Balaban J connectivity index is 2.37. The summed E-state index contributed by atoms with van der Waals surface area (Å²) < 4.78 is 0. The number of piperidine rings is 1. The number of rotatable bonds is 4. The molecule has 0 aromatic carbocycles. The first-order chi connectivity index (χ1) is 7.00. The van der Waals surface area contributed by atoms with E-state index in [1.54, 1.807) is 0 Å². The monoisotopic (exact) mass is 207 g/mol. The second-order valence-electron chi connectivity index (χ2n) is 5.27. The van der Waals surface area contributed by atoms with Crippen LogP contribution in [0.2, 0.25) is 0 Å². The van der Waals surface area contributed by atoms with Crippen molar-refractivity contribution in [3.05, 3.63) is 24.4 Å². The molecule has 0 spiro atoms. The summed E-state index contributed by atoms with van der Waals surface area (Å²) in [5.74, 6) is 1.46. The van der Waals surface area contributed by atoms with E-state index in [-0.39, 0.29) is 0 Å². The summed E-state index contributed by atoms with van der Waals surface area (Å²) in [6, 6.07) is 0. The van der Waals surface area contributed by atoms with Gasteiger partial charge in [0.2, 0.25) is 0 Å². The largest absolute Gasteiger partial charge is 0.375 e. The molecule has 0 radical (unpaired) electrons. The molecule has 0 saturated carbocycles. The summed E-state index contributed by atoms with van der Waals surface area (Å²) in [5.41, 5.74) is 2.68. The predicted octanol–water partition coefficient (Wildman–Crippen LogP) is 3.83. The Bertz CT molecular complexity index is 232. The maximum absolute atomic E-state index is 4.19. The third kappa shape index (κ3) is 3.73. The minimum absolute atomic E-state index is 0.719. The van der Waals surface area contributed by atoms with Gasteiger partial charge in [-0.15, -0.1) is 0 Å². The van der Waals surface area contributed by atoms with Crippen LogP contribution < -0.4 is 0 Å². The van der Waals surface area contributed by atoms with E-state index in [4.69, 9.17) is 0 Å². The highest BCUT2D eigenvalue weighted by Crippen LogP contribution is 2.26. The molecule has 1 aliphatic heterocycles. The van der Waals surface area contributed by atoms with Crippen molar-refractivity contribution in [2.75, 3.05) is 13.1 Å². The minimum atomic E-state index is 0.719. The highest BCUT2D eigenvalue weighted by molar-refractivity contribution is 5.02. The van der Waals surface area contributed by atoms with Crippen LogP contribution in [0.3, 0.4) is 0 Å². The van der Waals surface area contributed by atoms with Gasteiger partial charge in [0.25, 0.3) is 0 Å². The molecule has 1 heteroatoms. The molecule has 0 bridgehead atoms. The van der Waals surface area contributed by atoms with Crippen molar-refractivity contribution in [1.29, 1.82) is 0 Å². The van der Waals surface area contributed by atoms with E-state index >= 15 is 0 Å². The van der Waals surface area contributed by atoms with Crippen LogP contribution in [-0.2, 0) is 0 Å². The van der Waals surface area contributed by atoms with Crippen LogP contribution in [-0.4, -0.2) is 18.0 Å². The summed E-state index contributed by atoms with van der Waals surface area (Å²) in [6.07, 6.45) is 3.65. The Morgan fingerprint density at radius 3 is 2.20 bits per heavy atom. The van der Waals surface area contributed by atoms with Crippen LogP contribution in [0.5, 0.6) is 0 Å². The molecular weight excluding hydrogens is 182 g/mol. The third-order valence-corrected chi connectivity index (χ3v) is 3.28. The highest BCUT2D eigenvalue weighted by atomic mass is 15.1. The first kappa shape index (κ1) is 12.4. The Morgan fingerprint density at radius 1 is 1.27 bits per heavy atom. The van der Waals surface area contributed by atoms with Crippen LogP contribution in [0.25, 0.3) is 0 Å². The molecule has 0 atom stereocenters. The normalized spacial score (nSPS) is 18.3. The van der Waals surface area contributed by atoms with Gasteiger partial charge in [-0.3, -0.25) is 0 Å². The molecule has 15 heavy (non-hydrogen) atoms. The van der Waals surface area contributed by atoms with E-state index in [1.165, 1.54) is 37.2 Å². The second kappa shape index (κ2) is 5.39. The fourth-order valence-electron chi connectivity index (χ4n) is 2.29. The zero-order valence-corrected chi connectivity index (χ0v) is 10.6. The van der Waals surface area contributed by atoms with Crippen molar-refractivity contribution >= 4 is 0 Å². The van der Waals surface area contributed by atoms with Gasteiger partial charge in [0.05, 0.1) is 0 Å². The van der Waals surface area contributed by atoms with E-state index < -0.39 is 0 Å². The molecule has 86 valence electrons. The lowest BCUT2D eigenvalue weighted by molar-refractivity contribution is 0.235. The van der Waals surface area contributed by atoms with E-state index in [0.717, 1.165) is 18.3 Å². The zero-order valence-electron chi connectivity index (χ0n) is 10.6. The lowest BCUT2D eigenvalue weighted by Crippen LogP contribution is -2.33. The Labute approximate surface area is 94.9 Å². The van der Waals surface area contributed by atoms with Gasteiger partial charge in [-0.2, -0.15) is 0 Å². The van der Waals surface area contributed by atoms with Gasteiger partial charge in [0.15, 0.2) is 0 Å².